The van der Waals surface area contributed by atoms with Crippen LogP contribution in [-0.2, 0) is 6.42 Å². The smallest absolute Gasteiger partial charge is 0.243 e. The average Bonchev–Trinajstić information content (AvgIpc) is 2.67. The number of rotatable bonds is 7. The van der Waals surface area contributed by atoms with E-state index in [1.54, 1.807) is 20.4 Å². The monoisotopic (exact) mass is 365 g/mol. The zero-order valence-electron chi connectivity index (χ0n) is 15.9. The van der Waals surface area contributed by atoms with E-state index in [2.05, 4.69) is 32.4 Å². The quantitative estimate of drug-likeness (QED) is 0.688. The molecule has 0 aliphatic heterocycles. The normalized spacial score (nSPS) is 11.7. The summed E-state index contributed by atoms with van der Waals surface area (Å²) in [7, 11) is 3.23. The molecular formula is C20H23N5O2. The Hall–Kier alpha value is -3.22. The predicted molar refractivity (Wildman–Crippen MR) is 104 cm³/mol. The van der Waals surface area contributed by atoms with Crippen LogP contribution in [0.2, 0.25) is 0 Å². The molecule has 0 saturated carbocycles. The molecule has 0 radical (unpaired) electrons. The fraction of sp³-hybridized carbons (Fsp3) is 0.300. The summed E-state index contributed by atoms with van der Waals surface area (Å²) in [4.78, 5) is 9.11. The number of pyridine rings is 1. The zero-order valence-corrected chi connectivity index (χ0v) is 15.9. The van der Waals surface area contributed by atoms with Crippen molar-refractivity contribution in [2.45, 2.75) is 26.3 Å². The van der Waals surface area contributed by atoms with Crippen LogP contribution < -0.4 is 14.8 Å². The number of benzene rings is 1. The standard InChI is InChI=1S/C20H23N5O2/c1-13-6-5-7-15(22-13)10-14(2)23-20-24-18(12-21-25-20)17-9-8-16(26-3)11-19(17)27-4/h5-9,11-12,14H,10H2,1-4H3,(H,23,24,25). The Balaban J connectivity index is 1.77. The molecule has 0 saturated heterocycles. The van der Waals surface area contributed by atoms with E-state index in [9.17, 15) is 0 Å². The van der Waals surface area contributed by atoms with Gasteiger partial charge in [0.1, 0.15) is 11.5 Å². The summed E-state index contributed by atoms with van der Waals surface area (Å²) in [6.07, 6.45) is 2.38. The Labute approximate surface area is 158 Å². The van der Waals surface area contributed by atoms with Crippen LogP contribution in [0.1, 0.15) is 18.3 Å². The number of ether oxygens (including phenoxy) is 2. The third-order valence-electron chi connectivity index (χ3n) is 4.08. The minimum absolute atomic E-state index is 0.106. The van der Waals surface area contributed by atoms with Gasteiger partial charge in [0.05, 0.1) is 26.1 Å². The number of aryl methyl sites for hydroxylation is 1. The van der Waals surface area contributed by atoms with Gasteiger partial charge < -0.3 is 14.8 Å². The molecule has 0 aliphatic carbocycles. The van der Waals surface area contributed by atoms with Gasteiger partial charge in [0, 0.05) is 35.5 Å². The van der Waals surface area contributed by atoms with E-state index >= 15 is 0 Å². The topological polar surface area (TPSA) is 82.1 Å². The van der Waals surface area contributed by atoms with Crippen LogP contribution in [0.5, 0.6) is 11.5 Å². The van der Waals surface area contributed by atoms with Gasteiger partial charge in [-0.25, -0.2) is 4.98 Å². The first-order valence-electron chi connectivity index (χ1n) is 8.70. The highest BCUT2D eigenvalue weighted by atomic mass is 16.5. The van der Waals surface area contributed by atoms with Crippen LogP contribution in [-0.4, -0.2) is 40.4 Å². The zero-order chi connectivity index (χ0) is 19.2. The highest BCUT2D eigenvalue weighted by Gasteiger charge is 2.12. The van der Waals surface area contributed by atoms with Gasteiger partial charge >= 0.3 is 0 Å². The lowest BCUT2D eigenvalue weighted by Gasteiger charge is -2.14. The van der Waals surface area contributed by atoms with Crippen LogP contribution in [0.15, 0.2) is 42.6 Å². The fourth-order valence-corrected chi connectivity index (χ4v) is 2.80. The SMILES string of the molecule is COc1ccc(-c2cnnc(NC(C)Cc3cccc(C)n3)n2)c(OC)c1. The molecular weight excluding hydrogens is 342 g/mol. The van der Waals surface area contributed by atoms with Crippen molar-refractivity contribution in [1.82, 2.24) is 20.2 Å². The number of nitrogens with zero attached hydrogens (tertiary/aromatic N) is 4. The summed E-state index contributed by atoms with van der Waals surface area (Å²) >= 11 is 0. The highest BCUT2D eigenvalue weighted by Crippen LogP contribution is 2.32. The second-order valence-electron chi connectivity index (χ2n) is 6.25. The van der Waals surface area contributed by atoms with Crippen molar-refractivity contribution in [3.8, 4) is 22.8 Å². The van der Waals surface area contributed by atoms with Gasteiger partial charge in [0.25, 0.3) is 0 Å². The molecule has 1 atom stereocenters. The molecule has 27 heavy (non-hydrogen) atoms. The van der Waals surface area contributed by atoms with Crippen molar-refractivity contribution < 1.29 is 9.47 Å². The molecule has 0 aliphatic rings. The Bertz CT molecular complexity index is 916. The van der Waals surface area contributed by atoms with Gasteiger partial charge in [-0.3, -0.25) is 4.98 Å². The number of methoxy groups -OCH3 is 2. The number of anilines is 1. The largest absolute Gasteiger partial charge is 0.497 e. The molecule has 0 spiro atoms. The van der Waals surface area contributed by atoms with E-state index in [0.717, 1.165) is 29.1 Å². The Morgan fingerprint density at radius 3 is 2.67 bits per heavy atom. The number of nitrogens with one attached hydrogen (secondary N) is 1. The van der Waals surface area contributed by atoms with Crippen LogP contribution in [0, 0.1) is 6.92 Å². The maximum atomic E-state index is 5.46. The van der Waals surface area contributed by atoms with Crippen molar-refractivity contribution in [2.24, 2.45) is 0 Å². The maximum Gasteiger partial charge on any atom is 0.243 e. The summed E-state index contributed by atoms with van der Waals surface area (Å²) < 4.78 is 10.7. The summed E-state index contributed by atoms with van der Waals surface area (Å²) in [6.45, 7) is 4.05. The van der Waals surface area contributed by atoms with E-state index in [-0.39, 0.29) is 6.04 Å². The van der Waals surface area contributed by atoms with Crippen LogP contribution in [0.4, 0.5) is 5.95 Å². The third-order valence-corrected chi connectivity index (χ3v) is 4.08. The summed E-state index contributed by atoms with van der Waals surface area (Å²) in [5.41, 5.74) is 3.53. The second kappa shape index (κ2) is 8.44. The molecule has 1 unspecified atom stereocenters. The first-order valence-corrected chi connectivity index (χ1v) is 8.70. The lowest BCUT2D eigenvalue weighted by atomic mass is 10.1. The Morgan fingerprint density at radius 1 is 1.07 bits per heavy atom. The molecule has 1 N–H and O–H groups in total. The number of hydrogen-bond acceptors (Lipinski definition) is 7. The Morgan fingerprint density at radius 2 is 1.93 bits per heavy atom. The van der Waals surface area contributed by atoms with E-state index in [1.807, 2.05) is 43.3 Å². The predicted octanol–water partition coefficient (Wildman–Crippen LogP) is 3.30. The van der Waals surface area contributed by atoms with Gasteiger partial charge in [0.2, 0.25) is 5.95 Å². The van der Waals surface area contributed by atoms with Crippen molar-refractivity contribution in [2.75, 3.05) is 19.5 Å². The minimum Gasteiger partial charge on any atom is -0.497 e. The molecule has 2 aromatic heterocycles. The van der Waals surface area contributed by atoms with Gasteiger partial charge in [-0.05, 0) is 38.1 Å². The van der Waals surface area contributed by atoms with E-state index in [0.29, 0.717) is 17.4 Å². The molecule has 0 bridgehead atoms. The first kappa shape index (κ1) is 18.6. The number of aromatic nitrogens is 4. The molecule has 3 rings (SSSR count). The van der Waals surface area contributed by atoms with E-state index in [4.69, 9.17) is 9.47 Å². The second-order valence-corrected chi connectivity index (χ2v) is 6.25. The summed E-state index contributed by atoms with van der Waals surface area (Å²) in [5.74, 6) is 1.85. The molecule has 7 nitrogen and oxygen atoms in total. The van der Waals surface area contributed by atoms with Crippen LogP contribution >= 0.6 is 0 Å². The molecule has 2 heterocycles. The van der Waals surface area contributed by atoms with Gasteiger partial charge in [0.15, 0.2) is 0 Å². The third kappa shape index (κ3) is 4.69. The average molecular weight is 365 g/mol. The van der Waals surface area contributed by atoms with Crippen molar-refractivity contribution in [1.29, 1.82) is 0 Å². The van der Waals surface area contributed by atoms with Gasteiger partial charge in [-0.1, -0.05) is 6.07 Å². The molecule has 0 amide bonds. The summed E-state index contributed by atoms with van der Waals surface area (Å²) in [5, 5.41) is 11.5. The molecule has 7 heteroatoms. The molecule has 140 valence electrons. The van der Waals surface area contributed by atoms with Crippen LogP contribution in [0.3, 0.4) is 0 Å². The Kier molecular flexibility index (Phi) is 5.80. The lowest BCUT2D eigenvalue weighted by Crippen LogP contribution is -2.20. The molecule has 3 aromatic rings. The fourth-order valence-electron chi connectivity index (χ4n) is 2.80. The van der Waals surface area contributed by atoms with Crippen molar-refractivity contribution >= 4 is 5.95 Å². The van der Waals surface area contributed by atoms with Crippen molar-refractivity contribution in [3.05, 3.63) is 54.0 Å². The van der Waals surface area contributed by atoms with Gasteiger partial charge in [-0.15, -0.1) is 5.10 Å². The van der Waals surface area contributed by atoms with Gasteiger partial charge in [-0.2, -0.15) is 5.10 Å². The maximum absolute atomic E-state index is 5.46. The van der Waals surface area contributed by atoms with Crippen molar-refractivity contribution in [3.63, 3.8) is 0 Å². The summed E-state index contributed by atoms with van der Waals surface area (Å²) in [6, 6.07) is 11.7. The number of hydrogen-bond donors (Lipinski definition) is 1. The van der Waals surface area contributed by atoms with E-state index < -0.39 is 0 Å². The highest BCUT2D eigenvalue weighted by molar-refractivity contribution is 5.68. The molecule has 0 fully saturated rings. The van der Waals surface area contributed by atoms with E-state index in [1.165, 1.54) is 0 Å². The van der Waals surface area contributed by atoms with Crippen LogP contribution in [0.25, 0.3) is 11.3 Å². The molecule has 1 aromatic carbocycles. The first-order chi connectivity index (χ1) is 13.1. The minimum atomic E-state index is 0.106. The lowest BCUT2D eigenvalue weighted by molar-refractivity contribution is 0.395.